The van der Waals surface area contributed by atoms with E-state index < -0.39 is 0 Å². The van der Waals surface area contributed by atoms with Crippen LogP contribution in [0.25, 0.3) is 11.3 Å². The lowest BCUT2D eigenvalue weighted by Gasteiger charge is -2.36. The van der Waals surface area contributed by atoms with E-state index in [0.717, 1.165) is 85.8 Å². The van der Waals surface area contributed by atoms with Crippen LogP contribution in [0, 0.1) is 0 Å². The third-order valence-electron chi connectivity index (χ3n) is 6.21. The Labute approximate surface area is 199 Å². The highest BCUT2D eigenvalue weighted by atomic mass is 35.5. The zero-order valence-electron chi connectivity index (χ0n) is 18.9. The molecule has 0 amide bonds. The zero-order chi connectivity index (χ0) is 22.6. The lowest BCUT2D eigenvalue weighted by atomic mass is 10.1. The molecule has 0 N–H and O–H groups in total. The van der Waals surface area contributed by atoms with E-state index in [1.165, 1.54) is 5.69 Å². The van der Waals surface area contributed by atoms with Gasteiger partial charge in [0.25, 0.3) is 0 Å². The maximum atomic E-state index is 6.14. The molecule has 0 atom stereocenters. The van der Waals surface area contributed by atoms with Gasteiger partial charge in [-0.2, -0.15) is 0 Å². The molecule has 0 spiro atoms. The molecule has 3 aromatic rings. The van der Waals surface area contributed by atoms with Crippen molar-refractivity contribution in [2.75, 3.05) is 58.0 Å². The van der Waals surface area contributed by atoms with Crippen LogP contribution >= 0.6 is 11.6 Å². The fourth-order valence-electron chi connectivity index (χ4n) is 4.39. The molecular weight excluding hydrogens is 440 g/mol. The number of anilines is 1. The Bertz CT molecular complexity index is 1080. The molecule has 1 aromatic heterocycles. The Morgan fingerprint density at radius 2 is 1.85 bits per heavy atom. The number of hydrogen-bond acceptors (Lipinski definition) is 7. The van der Waals surface area contributed by atoms with Crippen molar-refractivity contribution in [2.45, 2.75) is 13.0 Å². The standard InChI is InChI=1S/C25H29ClN4O3/c1-28(8-3-9-29-10-12-30(13-11-29)21-5-2-4-20(26)15-21)17-22-16-23(27-33-22)19-6-7-24-25(14-19)32-18-31-24/h2,4-7,14-16H,3,8-13,17-18H2,1H3. The first kappa shape index (κ1) is 22.1. The molecule has 1 fully saturated rings. The van der Waals surface area contributed by atoms with Gasteiger partial charge in [-0.05, 0) is 63.0 Å². The molecule has 0 aliphatic carbocycles. The fourth-order valence-corrected chi connectivity index (χ4v) is 4.58. The number of ether oxygens (including phenoxy) is 2. The highest BCUT2D eigenvalue weighted by Crippen LogP contribution is 2.35. The Balaban J connectivity index is 1.05. The Kier molecular flexibility index (Phi) is 6.71. The van der Waals surface area contributed by atoms with Gasteiger partial charge in [0.2, 0.25) is 6.79 Å². The molecule has 0 radical (unpaired) electrons. The van der Waals surface area contributed by atoms with Crippen LogP contribution in [-0.4, -0.2) is 68.1 Å². The van der Waals surface area contributed by atoms with Crippen LogP contribution in [-0.2, 0) is 6.54 Å². The second-order valence-electron chi connectivity index (χ2n) is 8.65. The van der Waals surface area contributed by atoms with E-state index in [9.17, 15) is 0 Å². The SMILES string of the molecule is CN(CCCN1CCN(c2cccc(Cl)c2)CC1)Cc1cc(-c2ccc3c(c2)OCO3)no1. The first-order chi connectivity index (χ1) is 16.1. The lowest BCUT2D eigenvalue weighted by Crippen LogP contribution is -2.47. The third kappa shape index (κ3) is 5.43. The second-order valence-corrected chi connectivity index (χ2v) is 9.08. The fraction of sp³-hybridized carbons (Fsp3) is 0.400. The zero-order valence-corrected chi connectivity index (χ0v) is 19.6. The number of fused-ring (bicyclic) bond motifs is 1. The third-order valence-corrected chi connectivity index (χ3v) is 6.45. The normalized spacial score (nSPS) is 16.0. The number of rotatable bonds is 8. The van der Waals surface area contributed by atoms with Crippen LogP contribution < -0.4 is 14.4 Å². The van der Waals surface area contributed by atoms with Crippen molar-refractivity contribution >= 4 is 17.3 Å². The Morgan fingerprint density at radius 3 is 2.70 bits per heavy atom. The summed E-state index contributed by atoms with van der Waals surface area (Å²) in [5, 5.41) is 5.04. The van der Waals surface area contributed by atoms with E-state index in [1.807, 2.05) is 42.5 Å². The van der Waals surface area contributed by atoms with Gasteiger partial charge in [0, 0.05) is 48.5 Å². The molecule has 174 valence electrons. The van der Waals surface area contributed by atoms with E-state index in [0.29, 0.717) is 0 Å². The molecule has 2 aliphatic rings. The topological polar surface area (TPSA) is 54.2 Å². The number of halogens is 1. The molecule has 8 heteroatoms. The molecular formula is C25H29ClN4O3. The molecule has 2 aliphatic heterocycles. The van der Waals surface area contributed by atoms with Crippen molar-refractivity contribution in [2.24, 2.45) is 0 Å². The smallest absolute Gasteiger partial charge is 0.231 e. The highest BCUT2D eigenvalue weighted by molar-refractivity contribution is 6.30. The van der Waals surface area contributed by atoms with Gasteiger partial charge in [0.1, 0.15) is 5.69 Å². The van der Waals surface area contributed by atoms with Crippen LogP contribution in [0.2, 0.25) is 5.02 Å². The van der Waals surface area contributed by atoms with Crippen LogP contribution in [0.3, 0.4) is 0 Å². The predicted octanol–water partition coefficient (Wildman–Crippen LogP) is 4.37. The number of nitrogens with zero attached hydrogens (tertiary/aromatic N) is 4. The molecule has 7 nitrogen and oxygen atoms in total. The van der Waals surface area contributed by atoms with Crippen LogP contribution in [0.1, 0.15) is 12.2 Å². The Morgan fingerprint density at radius 1 is 1.00 bits per heavy atom. The minimum Gasteiger partial charge on any atom is -0.454 e. The van der Waals surface area contributed by atoms with E-state index >= 15 is 0 Å². The van der Waals surface area contributed by atoms with Crippen molar-refractivity contribution in [3.8, 4) is 22.8 Å². The van der Waals surface area contributed by atoms with Crippen molar-refractivity contribution in [1.29, 1.82) is 0 Å². The Hall–Kier alpha value is -2.74. The van der Waals surface area contributed by atoms with Gasteiger partial charge in [0.05, 0.1) is 6.54 Å². The van der Waals surface area contributed by atoms with E-state index in [-0.39, 0.29) is 6.79 Å². The predicted molar refractivity (Wildman–Crippen MR) is 129 cm³/mol. The van der Waals surface area contributed by atoms with Gasteiger partial charge in [-0.1, -0.05) is 22.8 Å². The van der Waals surface area contributed by atoms with Crippen LogP contribution in [0.4, 0.5) is 5.69 Å². The van der Waals surface area contributed by atoms with Crippen molar-refractivity contribution in [1.82, 2.24) is 15.0 Å². The quantitative estimate of drug-likeness (QED) is 0.486. The maximum absolute atomic E-state index is 6.14. The number of benzene rings is 2. The average Bonchev–Trinajstić information content (AvgIpc) is 3.48. The highest BCUT2D eigenvalue weighted by Gasteiger charge is 2.18. The number of piperazine rings is 1. The van der Waals surface area contributed by atoms with Crippen molar-refractivity contribution in [3.05, 3.63) is 59.3 Å². The van der Waals surface area contributed by atoms with E-state index in [4.69, 9.17) is 25.6 Å². The monoisotopic (exact) mass is 468 g/mol. The minimum absolute atomic E-state index is 0.269. The largest absolute Gasteiger partial charge is 0.454 e. The van der Waals surface area contributed by atoms with Gasteiger partial charge in [0.15, 0.2) is 17.3 Å². The molecule has 0 saturated carbocycles. The molecule has 0 unspecified atom stereocenters. The molecule has 5 rings (SSSR count). The van der Waals surface area contributed by atoms with E-state index in [1.54, 1.807) is 0 Å². The number of hydrogen-bond donors (Lipinski definition) is 0. The summed E-state index contributed by atoms with van der Waals surface area (Å²) in [7, 11) is 2.12. The average molecular weight is 469 g/mol. The first-order valence-corrected chi connectivity index (χ1v) is 11.8. The van der Waals surface area contributed by atoms with Crippen molar-refractivity contribution < 1.29 is 14.0 Å². The van der Waals surface area contributed by atoms with Gasteiger partial charge in [-0.15, -0.1) is 0 Å². The number of aromatic nitrogens is 1. The summed E-state index contributed by atoms with van der Waals surface area (Å²) in [5.74, 6) is 2.39. The molecule has 33 heavy (non-hydrogen) atoms. The van der Waals surface area contributed by atoms with Gasteiger partial charge >= 0.3 is 0 Å². The lowest BCUT2D eigenvalue weighted by molar-refractivity contribution is 0.174. The molecule has 3 heterocycles. The van der Waals surface area contributed by atoms with Gasteiger partial charge in [-0.25, -0.2) is 0 Å². The van der Waals surface area contributed by atoms with Crippen LogP contribution in [0.15, 0.2) is 53.1 Å². The van der Waals surface area contributed by atoms with Crippen LogP contribution in [0.5, 0.6) is 11.5 Å². The summed E-state index contributed by atoms with van der Waals surface area (Å²) in [6.45, 7) is 7.36. The summed E-state index contributed by atoms with van der Waals surface area (Å²) in [6.07, 6.45) is 1.12. The summed E-state index contributed by atoms with van der Waals surface area (Å²) in [4.78, 5) is 7.24. The summed E-state index contributed by atoms with van der Waals surface area (Å²) >= 11 is 6.14. The summed E-state index contributed by atoms with van der Waals surface area (Å²) < 4.78 is 16.4. The molecule has 2 aromatic carbocycles. The second kappa shape index (κ2) is 10.0. The van der Waals surface area contributed by atoms with Crippen molar-refractivity contribution in [3.63, 3.8) is 0 Å². The summed E-state index contributed by atoms with van der Waals surface area (Å²) in [5.41, 5.74) is 3.00. The molecule has 1 saturated heterocycles. The minimum atomic E-state index is 0.269. The van der Waals surface area contributed by atoms with E-state index in [2.05, 4.69) is 33.0 Å². The summed E-state index contributed by atoms with van der Waals surface area (Å²) in [6, 6.07) is 16.0. The van der Waals surface area contributed by atoms with Gasteiger partial charge in [-0.3, -0.25) is 9.80 Å². The maximum Gasteiger partial charge on any atom is 0.231 e. The van der Waals surface area contributed by atoms with Gasteiger partial charge < -0.3 is 18.9 Å². The molecule has 0 bridgehead atoms. The first-order valence-electron chi connectivity index (χ1n) is 11.4.